The average Bonchev–Trinajstić information content (AvgIpc) is 2.72. The molecule has 0 saturated carbocycles. The van der Waals surface area contributed by atoms with Gasteiger partial charge in [0.15, 0.2) is 0 Å². The average molecular weight is 266 g/mol. The molecule has 1 aromatic heterocycles. The zero-order chi connectivity index (χ0) is 13.7. The molecule has 0 bridgehead atoms. The second kappa shape index (κ2) is 6.98. The highest BCUT2D eigenvalue weighted by molar-refractivity contribution is 4.87. The van der Waals surface area contributed by atoms with Crippen LogP contribution in [0.4, 0.5) is 0 Å². The minimum absolute atomic E-state index is 0.373. The van der Waals surface area contributed by atoms with E-state index in [0.717, 1.165) is 51.6 Å². The van der Waals surface area contributed by atoms with Crippen molar-refractivity contribution in [2.75, 3.05) is 39.3 Å². The van der Waals surface area contributed by atoms with Gasteiger partial charge in [-0.05, 0) is 33.4 Å². The van der Waals surface area contributed by atoms with Crippen molar-refractivity contribution in [1.82, 2.24) is 24.6 Å². The van der Waals surface area contributed by atoms with E-state index >= 15 is 0 Å². The third-order valence-electron chi connectivity index (χ3n) is 3.63. The van der Waals surface area contributed by atoms with Gasteiger partial charge < -0.3 is 10.6 Å². The van der Waals surface area contributed by atoms with Crippen LogP contribution in [-0.4, -0.2) is 63.8 Å². The lowest BCUT2D eigenvalue weighted by molar-refractivity contribution is 0.245. The Balaban J connectivity index is 1.90. The lowest BCUT2D eigenvalue weighted by Crippen LogP contribution is -2.34. The number of hydrogen-bond donors (Lipinski definition) is 1. The summed E-state index contributed by atoms with van der Waals surface area (Å²) < 4.78 is 2.02. The highest BCUT2D eigenvalue weighted by Crippen LogP contribution is 2.10. The number of rotatable bonds is 5. The molecule has 0 spiro atoms. The van der Waals surface area contributed by atoms with Gasteiger partial charge in [-0.3, -0.25) is 4.90 Å². The second-order valence-corrected chi connectivity index (χ2v) is 5.47. The minimum Gasteiger partial charge on any atom is -0.329 e. The molecule has 1 aromatic rings. The van der Waals surface area contributed by atoms with Crippen LogP contribution in [0.5, 0.6) is 0 Å². The molecule has 1 fully saturated rings. The van der Waals surface area contributed by atoms with E-state index in [1.54, 1.807) is 6.33 Å². The Morgan fingerprint density at radius 2 is 1.95 bits per heavy atom. The fourth-order valence-corrected chi connectivity index (χ4v) is 2.61. The Labute approximate surface area is 115 Å². The van der Waals surface area contributed by atoms with Gasteiger partial charge in [-0.2, -0.15) is 5.10 Å². The van der Waals surface area contributed by atoms with E-state index in [9.17, 15) is 0 Å². The number of hydrogen-bond acceptors (Lipinski definition) is 5. The normalized spacial score (nSPS) is 18.9. The maximum atomic E-state index is 5.63. The third-order valence-corrected chi connectivity index (χ3v) is 3.63. The Bertz CT molecular complexity index is 375. The van der Waals surface area contributed by atoms with Crippen molar-refractivity contribution in [2.24, 2.45) is 5.73 Å². The third kappa shape index (κ3) is 3.99. The fourth-order valence-electron chi connectivity index (χ4n) is 2.61. The highest BCUT2D eigenvalue weighted by atomic mass is 15.4. The number of nitrogens with zero attached hydrogens (tertiary/aromatic N) is 5. The summed E-state index contributed by atoms with van der Waals surface area (Å²) in [5.74, 6) is 1.07. The Hall–Kier alpha value is -0.980. The maximum Gasteiger partial charge on any atom is 0.141 e. The summed E-state index contributed by atoms with van der Waals surface area (Å²) in [5, 5.41) is 4.30. The van der Waals surface area contributed by atoms with Crippen molar-refractivity contribution in [3.8, 4) is 0 Å². The lowest BCUT2D eigenvalue weighted by Gasteiger charge is -2.21. The molecule has 0 unspecified atom stereocenters. The minimum atomic E-state index is 0.373. The molecule has 1 aliphatic heterocycles. The zero-order valence-electron chi connectivity index (χ0n) is 12.1. The molecule has 1 saturated heterocycles. The summed E-state index contributed by atoms with van der Waals surface area (Å²) in [6.45, 7) is 11.4. The molecule has 2 N–H and O–H groups in total. The van der Waals surface area contributed by atoms with E-state index in [0.29, 0.717) is 6.04 Å². The summed E-state index contributed by atoms with van der Waals surface area (Å²) >= 11 is 0. The monoisotopic (exact) mass is 266 g/mol. The molecule has 108 valence electrons. The van der Waals surface area contributed by atoms with Crippen LogP contribution in [0.3, 0.4) is 0 Å². The van der Waals surface area contributed by atoms with E-state index in [-0.39, 0.29) is 0 Å². The first-order valence-electron chi connectivity index (χ1n) is 7.24. The Kier molecular flexibility index (Phi) is 5.30. The molecule has 2 rings (SSSR count). The fraction of sp³-hybridized carbons (Fsp3) is 0.846. The van der Waals surface area contributed by atoms with Crippen molar-refractivity contribution in [1.29, 1.82) is 0 Å². The van der Waals surface area contributed by atoms with Crippen molar-refractivity contribution in [3.05, 3.63) is 12.2 Å². The second-order valence-electron chi connectivity index (χ2n) is 5.47. The Morgan fingerprint density at radius 1 is 1.21 bits per heavy atom. The number of nitrogens with two attached hydrogens (primary N) is 1. The molecule has 2 heterocycles. The first-order chi connectivity index (χ1) is 9.20. The van der Waals surface area contributed by atoms with Gasteiger partial charge in [-0.25, -0.2) is 9.67 Å². The van der Waals surface area contributed by atoms with Crippen LogP contribution < -0.4 is 5.73 Å². The summed E-state index contributed by atoms with van der Waals surface area (Å²) in [7, 11) is 0. The molecule has 19 heavy (non-hydrogen) atoms. The lowest BCUT2D eigenvalue weighted by atomic mass is 10.3. The van der Waals surface area contributed by atoms with Crippen molar-refractivity contribution >= 4 is 0 Å². The molecule has 0 aromatic carbocycles. The van der Waals surface area contributed by atoms with E-state index in [1.807, 2.05) is 4.68 Å². The summed E-state index contributed by atoms with van der Waals surface area (Å²) in [6.07, 6.45) is 2.86. The molecule has 0 amide bonds. The van der Waals surface area contributed by atoms with Gasteiger partial charge >= 0.3 is 0 Å². The van der Waals surface area contributed by atoms with Gasteiger partial charge in [-0.15, -0.1) is 0 Å². The van der Waals surface area contributed by atoms with E-state index in [2.05, 4.69) is 33.7 Å². The Morgan fingerprint density at radius 3 is 2.68 bits per heavy atom. The van der Waals surface area contributed by atoms with E-state index in [4.69, 9.17) is 5.73 Å². The summed E-state index contributed by atoms with van der Waals surface area (Å²) in [5.41, 5.74) is 5.63. The SMILES string of the molecule is CC(C)n1ncnc1CN1CCCN(CCN)CC1. The van der Waals surface area contributed by atoms with Crippen molar-refractivity contribution in [3.63, 3.8) is 0 Å². The molecule has 1 aliphatic rings. The largest absolute Gasteiger partial charge is 0.329 e. The summed E-state index contributed by atoms with van der Waals surface area (Å²) in [6, 6.07) is 0.373. The van der Waals surface area contributed by atoms with Crippen LogP contribution in [0.2, 0.25) is 0 Å². The van der Waals surface area contributed by atoms with Crippen LogP contribution in [0.15, 0.2) is 6.33 Å². The van der Waals surface area contributed by atoms with Crippen LogP contribution in [0.1, 0.15) is 32.1 Å². The molecule has 0 aliphatic carbocycles. The predicted molar refractivity (Wildman–Crippen MR) is 75.8 cm³/mol. The van der Waals surface area contributed by atoms with E-state index in [1.165, 1.54) is 6.42 Å². The van der Waals surface area contributed by atoms with Gasteiger partial charge in [0.1, 0.15) is 12.2 Å². The van der Waals surface area contributed by atoms with Crippen LogP contribution in [0, 0.1) is 0 Å². The first kappa shape index (κ1) is 14.4. The molecule has 6 heteroatoms. The molecule has 0 radical (unpaired) electrons. The predicted octanol–water partition coefficient (Wildman–Crippen LogP) is 0.325. The maximum absolute atomic E-state index is 5.63. The molecular formula is C13H26N6. The van der Waals surface area contributed by atoms with Crippen LogP contribution in [-0.2, 0) is 6.54 Å². The molecular weight excluding hydrogens is 240 g/mol. The topological polar surface area (TPSA) is 63.2 Å². The number of aromatic nitrogens is 3. The van der Waals surface area contributed by atoms with Crippen LogP contribution in [0.25, 0.3) is 0 Å². The van der Waals surface area contributed by atoms with Gasteiger partial charge in [-0.1, -0.05) is 0 Å². The first-order valence-corrected chi connectivity index (χ1v) is 7.24. The quantitative estimate of drug-likeness (QED) is 0.832. The van der Waals surface area contributed by atoms with Crippen LogP contribution >= 0.6 is 0 Å². The van der Waals surface area contributed by atoms with Gasteiger partial charge in [0.2, 0.25) is 0 Å². The zero-order valence-corrected chi connectivity index (χ0v) is 12.1. The molecule has 6 nitrogen and oxygen atoms in total. The summed E-state index contributed by atoms with van der Waals surface area (Å²) in [4.78, 5) is 9.32. The highest BCUT2D eigenvalue weighted by Gasteiger charge is 2.17. The van der Waals surface area contributed by atoms with E-state index < -0.39 is 0 Å². The van der Waals surface area contributed by atoms with Gasteiger partial charge in [0, 0.05) is 32.2 Å². The van der Waals surface area contributed by atoms with Crippen molar-refractivity contribution in [2.45, 2.75) is 32.9 Å². The van der Waals surface area contributed by atoms with Crippen molar-refractivity contribution < 1.29 is 0 Å². The molecule has 0 atom stereocenters. The standard InChI is InChI=1S/C13H26N6/c1-12(2)19-13(15-11-16-19)10-18-6-3-5-17(7-4-14)8-9-18/h11-12H,3-10,14H2,1-2H3. The smallest absolute Gasteiger partial charge is 0.141 e. The van der Waals surface area contributed by atoms with Gasteiger partial charge in [0.25, 0.3) is 0 Å². The van der Waals surface area contributed by atoms with Gasteiger partial charge in [0.05, 0.1) is 6.54 Å².